The standard InChI is InChI=1S/C33H31N3O4S/c1-22-9-7-10-24(19-22)20-30(36-32(38)25-11-5-4-6-12-25)33(39)34-26-15-17-29(18-16-26)41-23(2)31(37)35-27-13-8-14-28(21-27)40-3/h4-21,23H,1-3H3,(H,34,39)(H,35,37)(H,36,38)/b30-20-. The van der Waals surface area contributed by atoms with Crippen LogP contribution >= 0.6 is 11.8 Å². The number of benzene rings is 4. The van der Waals surface area contributed by atoms with E-state index in [0.717, 1.165) is 16.0 Å². The van der Waals surface area contributed by atoms with Gasteiger partial charge in [0.15, 0.2) is 0 Å². The predicted octanol–water partition coefficient (Wildman–Crippen LogP) is 6.53. The number of ether oxygens (including phenoxy) is 1. The number of amides is 3. The maximum absolute atomic E-state index is 13.3. The summed E-state index contributed by atoms with van der Waals surface area (Å²) in [6.07, 6.45) is 1.65. The van der Waals surface area contributed by atoms with Crippen LogP contribution in [0.4, 0.5) is 11.4 Å². The number of nitrogens with one attached hydrogen (secondary N) is 3. The molecular formula is C33H31N3O4S. The molecule has 1 unspecified atom stereocenters. The molecule has 7 nitrogen and oxygen atoms in total. The molecule has 0 aromatic heterocycles. The Morgan fingerprint density at radius 1 is 0.805 bits per heavy atom. The van der Waals surface area contributed by atoms with Gasteiger partial charge in [0.25, 0.3) is 11.8 Å². The average Bonchev–Trinajstić information content (AvgIpc) is 2.98. The summed E-state index contributed by atoms with van der Waals surface area (Å²) in [6.45, 7) is 3.79. The molecule has 41 heavy (non-hydrogen) atoms. The van der Waals surface area contributed by atoms with Gasteiger partial charge in [-0.2, -0.15) is 0 Å². The van der Waals surface area contributed by atoms with Crippen molar-refractivity contribution in [3.63, 3.8) is 0 Å². The molecular weight excluding hydrogens is 534 g/mol. The number of carbonyl (C=O) groups excluding carboxylic acids is 3. The van der Waals surface area contributed by atoms with Crippen molar-refractivity contribution in [3.8, 4) is 5.75 Å². The van der Waals surface area contributed by atoms with Crippen LogP contribution < -0.4 is 20.7 Å². The number of carbonyl (C=O) groups is 3. The smallest absolute Gasteiger partial charge is 0.272 e. The highest BCUT2D eigenvalue weighted by molar-refractivity contribution is 8.00. The summed E-state index contributed by atoms with van der Waals surface area (Å²) < 4.78 is 5.21. The first-order valence-electron chi connectivity index (χ1n) is 13.0. The van der Waals surface area contributed by atoms with Crippen molar-refractivity contribution in [2.45, 2.75) is 24.0 Å². The Morgan fingerprint density at radius 3 is 2.24 bits per heavy atom. The quantitative estimate of drug-likeness (QED) is 0.150. The van der Waals surface area contributed by atoms with Crippen molar-refractivity contribution in [1.82, 2.24) is 5.32 Å². The molecule has 0 radical (unpaired) electrons. The van der Waals surface area contributed by atoms with Gasteiger partial charge >= 0.3 is 0 Å². The molecule has 0 aliphatic heterocycles. The van der Waals surface area contributed by atoms with E-state index in [0.29, 0.717) is 22.7 Å². The summed E-state index contributed by atoms with van der Waals surface area (Å²) in [5.74, 6) is -0.312. The van der Waals surface area contributed by atoms with E-state index in [1.807, 2.05) is 68.4 Å². The Labute approximate surface area is 244 Å². The zero-order chi connectivity index (χ0) is 29.2. The molecule has 0 aliphatic rings. The lowest BCUT2D eigenvalue weighted by Gasteiger charge is -2.14. The summed E-state index contributed by atoms with van der Waals surface area (Å²) in [6, 6.07) is 30.8. The molecule has 3 N–H and O–H groups in total. The van der Waals surface area contributed by atoms with Gasteiger partial charge in [0, 0.05) is 27.9 Å². The largest absolute Gasteiger partial charge is 0.497 e. The maximum atomic E-state index is 13.3. The Morgan fingerprint density at radius 2 is 1.54 bits per heavy atom. The van der Waals surface area contributed by atoms with Gasteiger partial charge in [-0.3, -0.25) is 14.4 Å². The second kappa shape index (κ2) is 14.0. The maximum Gasteiger partial charge on any atom is 0.272 e. The number of hydrogen-bond donors (Lipinski definition) is 3. The summed E-state index contributed by atoms with van der Waals surface area (Å²) in [5.41, 5.74) is 3.60. The third-order valence-corrected chi connectivity index (χ3v) is 7.13. The van der Waals surface area contributed by atoms with Crippen molar-refractivity contribution in [2.75, 3.05) is 17.7 Å². The van der Waals surface area contributed by atoms with Crippen molar-refractivity contribution in [1.29, 1.82) is 0 Å². The minimum atomic E-state index is -0.456. The second-order valence-corrected chi connectivity index (χ2v) is 10.7. The summed E-state index contributed by atoms with van der Waals surface area (Å²) in [5, 5.41) is 8.15. The molecule has 0 bridgehead atoms. The normalized spacial score (nSPS) is 11.7. The molecule has 0 heterocycles. The fourth-order valence-corrected chi connectivity index (χ4v) is 4.75. The monoisotopic (exact) mass is 565 g/mol. The van der Waals surface area contributed by atoms with Crippen molar-refractivity contribution in [2.24, 2.45) is 0 Å². The van der Waals surface area contributed by atoms with Gasteiger partial charge in [-0.05, 0) is 74.0 Å². The molecule has 208 valence electrons. The van der Waals surface area contributed by atoms with Gasteiger partial charge in [0.2, 0.25) is 5.91 Å². The molecule has 0 saturated heterocycles. The number of methoxy groups -OCH3 is 1. The number of thioether (sulfide) groups is 1. The fraction of sp³-hybridized carbons (Fsp3) is 0.121. The molecule has 0 saturated carbocycles. The van der Waals surface area contributed by atoms with Crippen LogP contribution in [-0.2, 0) is 9.59 Å². The predicted molar refractivity (Wildman–Crippen MR) is 165 cm³/mol. The van der Waals surface area contributed by atoms with Gasteiger partial charge < -0.3 is 20.7 Å². The Hall–Kier alpha value is -4.82. The fourth-order valence-electron chi connectivity index (χ4n) is 3.89. The molecule has 0 spiro atoms. The van der Waals surface area contributed by atoms with Gasteiger partial charge in [-0.25, -0.2) is 0 Å². The van der Waals surface area contributed by atoms with Gasteiger partial charge in [0.1, 0.15) is 11.4 Å². The van der Waals surface area contributed by atoms with E-state index < -0.39 is 5.91 Å². The lowest BCUT2D eigenvalue weighted by atomic mass is 10.1. The molecule has 0 fully saturated rings. The highest BCUT2D eigenvalue weighted by Crippen LogP contribution is 2.26. The van der Waals surface area contributed by atoms with E-state index in [4.69, 9.17) is 4.74 Å². The Kier molecular flexibility index (Phi) is 9.96. The molecule has 0 aliphatic carbocycles. The number of hydrogen-bond acceptors (Lipinski definition) is 5. The first-order valence-corrected chi connectivity index (χ1v) is 13.9. The SMILES string of the molecule is COc1cccc(NC(=O)C(C)Sc2ccc(NC(=O)/C(=C/c3cccc(C)c3)NC(=O)c3ccccc3)cc2)c1. The third-order valence-electron chi connectivity index (χ3n) is 6.01. The Bertz CT molecular complexity index is 1550. The van der Waals surface area contributed by atoms with Crippen LogP contribution in [0.15, 0.2) is 114 Å². The van der Waals surface area contributed by atoms with Crippen LogP contribution in [0.3, 0.4) is 0 Å². The zero-order valence-electron chi connectivity index (χ0n) is 23.0. The molecule has 4 rings (SSSR count). The van der Waals surface area contributed by atoms with E-state index in [9.17, 15) is 14.4 Å². The number of rotatable bonds is 10. The van der Waals surface area contributed by atoms with Gasteiger partial charge in [0.05, 0.1) is 12.4 Å². The summed E-state index contributed by atoms with van der Waals surface area (Å²) in [7, 11) is 1.58. The van der Waals surface area contributed by atoms with Crippen LogP contribution in [0.1, 0.15) is 28.4 Å². The van der Waals surface area contributed by atoms with Crippen molar-refractivity contribution in [3.05, 3.63) is 126 Å². The van der Waals surface area contributed by atoms with E-state index in [1.165, 1.54) is 11.8 Å². The van der Waals surface area contributed by atoms with Crippen LogP contribution in [-0.4, -0.2) is 30.1 Å². The Balaban J connectivity index is 1.42. The van der Waals surface area contributed by atoms with Gasteiger partial charge in [-0.1, -0.05) is 54.1 Å². The first-order chi connectivity index (χ1) is 19.8. The lowest BCUT2D eigenvalue weighted by Crippen LogP contribution is -2.30. The molecule has 4 aromatic rings. The lowest BCUT2D eigenvalue weighted by molar-refractivity contribution is -0.115. The highest BCUT2D eigenvalue weighted by Gasteiger charge is 2.17. The third kappa shape index (κ3) is 8.58. The topological polar surface area (TPSA) is 96.5 Å². The van der Waals surface area contributed by atoms with Crippen LogP contribution in [0.25, 0.3) is 6.08 Å². The van der Waals surface area contributed by atoms with Crippen LogP contribution in [0.2, 0.25) is 0 Å². The second-order valence-electron chi connectivity index (χ2n) is 9.25. The van der Waals surface area contributed by atoms with Gasteiger partial charge in [-0.15, -0.1) is 11.8 Å². The minimum absolute atomic E-state index is 0.116. The number of anilines is 2. The van der Waals surface area contributed by atoms with Crippen LogP contribution in [0.5, 0.6) is 5.75 Å². The van der Waals surface area contributed by atoms with Crippen LogP contribution in [0, 0.1) is 6.92 Å². The van der Waals surface area contributed by atoms with Crippen molar-refractivity contribution < 1.29 is 19.1 Å². The summed E-state index contributed by atoms with van der Waals surface area (Å²) >= 11 is 1.40. The highest BCUT2D eigenvalue weighted by atomic mass is 32.2. The minimum Gasteiger partial charge on any atom is -0.497 e. The zero-order valence-corrected chi connectivity index (χ0v) is 23.8. The van der Waals surface area contributed by atoms with E-state index >= 15 is 0 Å². The van der Waals surface area contributed by atoms with E-state index in [1.54, 1.807) is 61.7 Å². The average molecular weight is 566 g/mol. The first kappa shape index (κ1) is 29.2. The summed E-state index contributed by atoms with van der Waals surface area (Å²) in [4.78, 5) is 39.7. The van der Waals surface area contributed by atoms with Crippen molar-refractivity contribution >= 4 is 46.9 Å². The number of aryl methyl sites for hydroxylation is 1. The molecule has 4 aromatic carbocycles. The van der Waals surface area contributed by atoms with E-state index in [-0.39, 0.29) is 22.8 Å². The molecule has 3 amide bonds. The molecule has 1 atom stereocenters. The molecule has 8 heteroatoms. The van der Waals surface area contributed by atoms with E-state index in [2.05, 4.69) is 16.0 Å².